The molecule has 84 valence electrons. The molecule has 0 saturated heterocycles. The molecule has 1 heterocycles. The highest BCUT2D eigenvalue weighted by Crippen LogP contribution is 2.01. The quantitative estimate of drug-likeness (QED) is 0.650. The van der Waals surface area contributed by atoms with E-state index in [9.17, 15) is 5.11 Å². The SMILES string of the molecule is Cc1ccc(CNCC(C)(O)CO)nc1. The van der Waals surface area contributed by atoms with E-state index in [1.807, 2.05) is 19.1 Å². The van der Waals surface area contributed by atoms with E-state index in [2.05, 4.69) is 10.3 Å². The lowest BCUT2D eigenvalue weighted by molar-refractivity contribution is 0.00248. The second-order valence-electron chi connectivity index (χ2n) is 4.09. The maximum absolute atomic E-state index is 9.51. The molecule has 0 fully saturated rings. The molecule has 3 N–H and O–H groups in total. The van der Waals surface area contributed by atoms with Crippen LogP contribution in [0.15, 0.2) is 18.3 Å². The highest BCUT2D eigenvalue weighted by molar-refractivity contribution is 5.11. The van der Waals surface area contributed by atoms with Crippen molar-refractivity contribution in [2.75, 3.05) is 13.2 Å². The van der Waals surface area contributed by atoms with Crippen molar-refractivity contribution in [3.05, 3.63) is 29.6 Å². The lowest BCUT2D eigenvalue weighted by Gasteiger charge is -2.20. The number of aromatic nitrogens is 1. The summed E-state index contributed by atoms with van der Waals surface area (Å²) in [5.41, 5.74) is 0.987. The molecule has 15 heavy (non-hydrogen) atoms. The first-order valence-electron chi connectivity index (χ1n) is 4.99. The summed E-state index contributed by atoms with van der Waals surface area (Å²) in [5.74, 6) is 0. The van der Waals surface area contributed by atoms with Gasteiger partial charge in [0.05, 0.1) is 17.9 Å². The lowest BCUT2D eigenvalue weighted by Crippen LogP contribution is -2.40. The Balaban J connectivity index is 2.35. The summed E-state index contributed by atoms with van der Waals surface area (Å²) >= 11 is 0. The zero-order valence-corrected chi connectivity index (χ0v) is 9.20. The first kappa shape index (κ1) is 12.1. The molecule has 1 atom stereocenters. The third kappa shape index (κ3) is 4.38. The number of aliphatic hydroxyl groups excluding tert-OH is 1. The van der Waals surface area contributed by atoms with Crippen molar-refractivity contribution < 1.29 is 10.2 Å². The minimum absolute atomic E-state index is 0.249. The van der Waals surface area contributed by atoms with Crippen LogP contribution in [0.2, 0.25) is 0 Å². The van der Waals surface area contributed by atoms with Gasteiger partial charge in [-0.15, -0.1) is 0 Å². The van der Waals surface area contributed by atoms with E-state index < -0.39 is 5.60 Å². The molecule has 0 amide bonds. The average molecular weight is 210 g/mol. The van der Waals surface area contributed by atoms with Crippen LogP contribution in [0.1, 0.15) is 18.2 Å². The third-order valence-electron chi connectivity index (χ3n) is 2.13. The van der Waals surface area contributed by atoms with Gasteiger partial charge in [-0.3, -0.25) is 4.98 Å². The third-order valence-corrected chi connectivity index (χ3v) is 2.13. The van der Waals surface area contributed by atoms with Gasteiger partial charge in [0, 0.05) is 19.3 Å². The molecule has 0 spiro atoms. The van der Waals surface area contributed by atoms with Crippen LogP contribution in [0.4, 0.5) is 0 Å². The second-order valence-corrected chi connectivity index (χ2v) is 4.09. The van der Waals surface area contributed by atoms with Gasteiger partial charge >= 0.3 is 0 Å². The molecule has 0 aliphatic rings. The first-order chi connectivity index (χ1) is 7.03. The summed E-state index contributed by atoms with van der Waals surface area (Å²) in [6.45, 7) is 4.26. The summed E-state index contributed by atoms with van der Waals surface area (Å²) in [4.78, 5) is 4.22. The van der Waals surface area contributed by atoms with Crippen molar-refractivity contribution in [2.45, 2.75) is 26.0 Å². The van der Waals surface area contributed by atoms with Crippen molar-refractivity contribution in [2.24, 2.45) is 0 Å². The maximum atomic E-state index is 9.51. The minimum Gasteiger partial charge on any atom is -0.393 e. The van der Waals surface area contributed by atoms with Crippen molar-refractivity contribution in [3.8, 4) is 0 Å². The number of nitrogens with zero attached hydrogens (tertiary/aromatic N) is 1. The van der Waals surface area contributed by atoms with Gasteiger partial charge in [-0.25, -0.2) is 0 Å². The molecule has 4 nitrogen and oxygen atoms in total. The molecule has 0 aliphatic carbocycles. The first-order valence-corrected chi connectivity index (χ1v) is 4.99. The second kappa shape index (κ2) is 5.21. The topological polar surface area (TPSA) is 65.4 Å². The van der Waals surface area contributed by atoms with Crippen LogP contribution < -0.4 is 5.32 Å². The molecule has 1 rings (SSSR count). The Hall–Kier alpha value is -0.970. The van der Waals surface area contributed by atoms with Crippen LogP contribution in [0.25, 0.3) is 0 Å². The highest BCUT2D eigenvalue weighted by atomic mass is 16.3. The summed E-state index contributed by atoms with van der Waals surface area (Å²) < 4.78 is 0. The number of aliphatic hydroxyl groups is 2. The number of hydrogen-bond donors (Lipinski definition) is 3. The predicted octanol–water partition coefficient (Wildman–Crippen LogP) is 0.223. The van der Waals surface area contributed by atoms with Crippen LogP contribution >= 0.6 is 0 Å². The van der Waals surface area contributed by atoms with Crippen molar-refractivity contribution in [1.29, 1.82) is 0 Å². The Morgan fingerprint density at radius 1 is 1.47 bits per heavy atom. The molecule has 0 aromatic carbocycles. The lowest BCUT2D eigenvalue weighted by atomic mass is 10.1. The van der Waals surface area contributed by atoms with E-state index in [0.717, 1.165) is 11.3 Å². The number of rotatable bonds is 5. The van der Waals surface area contributed by atoms with Gasteiger partial charge in [0.2, 0.25) is 0 Å². The van der Waals surface area contributed by atoms with Gasteiger partial charge < -0.3 is 15.5 Å². The Morgan fingerprint density at radius 3 is 2.73 bits per heavy atom. The van der Waals surface area contributed by atoms with E-state index in [0.29, 0.717) is 13.1 Å². The fraction of sp³-hybridized carbons (Fsp3) is 0.545. The van der Waals surface area contributed by atoms with E-state index in [1.54, 1.807) is 13.1 Å². The summed E-state index contributed by atoms with van der Waals surface area (Å²) in [5, 5.41) is 21.4. The molecule has 0 radical (unpaired) electrons. The van der Waals surface area contributed by atoms with Gasteiger partial charge in [0.25, 0.3) is 0 Å². The van der Waals surface area contributed by atoms with Gasteiger partial charge in [-0.1, -0.05) is 6.07 Å². The van der Waals surface area contributed by atoms with Gasteiger partial charge in [0.1, 0.15) is 0 Å². The van der Waals surface area contributed by atoms with Gasteiger partial charge in [-0.05, 0) is 25.5 Å². The zero-order valence-electron chi connectivity index (χ0n) is 9.20. The Labute approximate surface area is 90.0 Å². The molecular formula is C11H18N2O2. The van der Waals surface area contributed by atoms with Crippen LogP contribution in [-0.4, -0.2) is 33.9 Å². The zero-order chi connectivity index (χ0) is 11.3. The average Bonchev–Trinajstić information content (AvgIpc) is 2.21. The molecule has 1 aromatic rings. The van der Waals surface area contributed by atoms with Crippen LogP contribution in [0.3, 0.4) is 0 Å². The Morgan fingerprint density at radius 2 is 2.20 bits per heavy atom. The van der Waals surface area contributed by atoms with E-state index in [-0.39, 0.29) is 6.61 Å². The van der Waals surface area contributed by atoms with Gasteiger partial charge in [0.15, 0.2) is 0 Å². The van der Waals surface area contributed by atoms with Crippen molar-refractivity contribution in [1.82, 2.24) is 10.3 Å². The molecule has 0 saturated carbocycles. The summed E-state index contributed by atoms with van der Waals surface area (Å²) in [6.07, 6.45) is 1.81. The highest BCUT2D eigenvalue weighted by Gasteiger charge is 2.17. The maximum Gasteiger partial charge on any atom is 0.0972 e. The molecule has 1 aromatic heterocycles. The fourth-order valence-corrected chi connectivity index (χ4v) is 1.12. The normalized spacial score (nSPS) is 14.9. The van der Waals surface area contributed by atoms with Crippen LogP contribution in [0, 0.1) is 6.92 Å². The molecule has 0 aliphatic heterocycles. The Kier molecular flexibility index (Phi) is 4.20. The van der Waals surface area contributed by atoms with Crippen molar-refractivity contribution >= 4 is 0 Å². The molecular weight excluding hydrogens is 192 g/mol. The largest absolute Gasteiger partial charge is 0.393 e. The Bertz CT molecular complexity index is 296. The van der Waals surface area contributed by atoms with E-state index in [4.69, 9.17) is 5.11 Å². The number of hydrogen-bond acceptors (Lipinski definition) is 4. The minimum atomic E-state index is -1.06. The molecule has 1 unspecified atom stereocenters. The monoisotopic (exact) mass is 210 g/mol. The smallest absolute Gasteiger partial charge is 0.0972 e. The molecule has 4 heteroatoms. The summed E-state index contributed by atoms with van der Waals surface area (Å²) in [7, 11) is 0. The standard InChI is InChI=1S/C11H18N2O2/c1-9-3-4-10(13-5-9)6-12-7-11(2,15)8-14/h3-5,12,14-15H,6-8H2,1-2H3. The van der Waals surface area contributed by atoms with Crippen molar-refractivity contribution in [3.63, 3.8) is 0 Å². The number of nitrogens with one attached hydrogen (secondary N) is 1. The summed E-state index contributed by atoms with van der Waals surface area (Å²) in [6, 6.07) is 3.93. The van der Waals surface area contributed by atoms with Crippen LogP contribution in [-0.2, 0) is 6.54 Å². The predicted molar refractivity (Wildman–Crippen MR) is 58.4 cm³/mol. The number of pyridine rings is 1. The van der Waals surface area contributed by atoms with E-state index in [1.165, 1.54) is 0 Å². The molecule has 0 bridgehead atoms. The van der Waals surface area contributed by atoms with Gasteiger partial charge in [-0.2, -0.15) is 0 Å². The number of aryl methyl sites for hydroxylation is 1. The van der Waals surface area contributed by atoms with Crippen LogP contribution in [0.5, 0.6) is 0 Å². The van der Waals surface area contributed by atoms with E-state index >= 15 is 0 Å². The fourth-order valence-electron chi connectivity index (χ4n) is 1.12.